The zero-order valence-corrected chi connectivity index (χ0v) is 15.0. The minimum atomic E-state index is -0.00432. The number of nitrogens with zero attached hydrogens (tertiary/aromatic N) is 2. The van der Waals surface area contributed by atoms with Crippen LogP contribution in [-0.2, 0) is 0 Å². The van der Waals surface area contributed by atoms with E-state index < -0.39 is 0 Å². The molecule has 7 heteroatoms. The molecular formula is C16H17Cl2N3OS. The number of carbonyl (C=O) groups excluding carboxylic acids is 1. The molecule has 1 amide bonds. The first-order valence-electron chi connectivity index (χ1n) is 7.46. The van der Waals surface area contributed by atoms with Crippen molar-refractivity contribution in [3.8, 4) is 10.6 Å². The van der Waals surface area contributed by atoms with E-state index in [1.807, 2.05) is 18.0 Å². The second kappa shape index (κ2) is 7.18. The van der Waals surface area contributed by atoms with Gasteiger partial charge in [0.15, 0.2) is 0 Å². The number of likely N-dealkylation sites (tertiary alicyclic amines) is 1. The SMILES string of the molecule is CNCC1CCCN1C(=O)c1csc(-c2ccc(Cl)cc2Cl)n1. The second-order valence-corrected chi connectivity index (χ2v) is 7.22. The third kappa shape index (κ3) is 3.53. The fourth-order valence-electron chi connectivity index (χ4n) is 2.86. The van der Waals surface area contributed by atoms with E-state index in [0.29, 0.717) is 15.7 Å². The molecule has 1 aliphatic rings. The highest BCUT2D eigenvalue weighted by Crippen LogP contribution is 2.33. The van der Waals surface area contributed by atoms with Gasteiger partial charge in [0.25, 0.3) is 5.91 Å². The molecule has 0 aliphatic carbocycles. The van der Waals surface area contributed by atoms with Crippen molar-refractivity contribution in [1.82, 2.24) is 15.2 Å². The summed E-state index contributed by atoms with van der Waals surface area (Å²) in [6, 6.07) is 5.54. The van der Waals surface area contributed by atoms with Crippen LogP contribution in [0.1, 0.15) is 23.3 Å². The summed E-state index contributed by atoms with van der Waals surface area (Å²) in [6.45, 7) is 1.60. The minimum Gasteiger partial charge on any atom is -0.333 e. The maximum absolute atomic E-state index is 12.7. The van der Waals surface area contributed by atoms with Crippen molar-refractivity contribution >= 4 is 40.4 Å². The number of hydrogen-bond acceptors (Lipinski definition) is 4. The second-order valence-electron chi connectivity index (χ2n) is 5.51. The number of amides is 1. The molecule has 1 saturated heterocycles. The Bertz CT molecular complexity index is 719. The molecule has 0 saturated carbocycles. The predicted octanol–water partition coefficient (Wildman–Crippen LogP) is 3.94. The number of nitrogens with one attached hydrogen (secondary N) is 1. The van der Waals surface area contributed by atoms with Gasteiger partial charge in [0.05, 0.1) is 5.02 Å². The number of carbonyl (C=O) groups is 1. The van der Waals surface area contributed by atoms with Gasteiger partial charge in [-0.25, -0.2) is 4.98 Å². The summed E-state index contributed by atoms with van der Waals surface area (Å²) in [4.78, 5) is 19.1. The normalized spacial score (nSPS) is 17.7. The average Bonchev–Trinajstić information content (AvgIpc) is 3.16. The number of rotatable bonds is 4. The van der Waals surface area contributed by atoms with E-state index in [2.05, 4.69) is 10.3 Å². The molecule has 1 atom stereocenters. The van der Waals surface area contributed by atoms with Gasteiger partial charge in [-0.05, 0) is 38.1 Å². The van der Waals surface area contributed by atoms with E-state index in [9.17, 15) is 4.79 Å². The first kappa shape index (κ1) is 16.7. The van der Waals surface area contributed by atoms with E-state index in [-0.39, 0.29) is 11.9 Å². The zero-order chi connectivity index (χ0) is 16.4. The molecule has 1 aliphatic heterocycles. The third-order valence-electron chi connectivity index (χ3n) is 3.96. The third-order valence-corrected chi connectivity index (χ3v) is 5.39. The van der Waals surface area contributed by atoms with Crippen LogP contribution in [0.3, 0.4) is 0 Å². The quantitative estimate of drug-likeness (QED) is 0.887. The van der Waals surface area contributed by atoms with Gasteiger partial charge in [-0.1, -0.05) is 23.2 Å². The summed E-state index contributed by atoms with van der Waals surface area (Å²) in [5.74, 6) is -0.00432. The molecule has 1 fully saturated rings. The topological polar surface area (TPSA) is 45.2 Å². The zero-order valence-electron chi connectivity index (χ0n) is 12.7. The largest absolute Gasteiger partial charge is 0.333 e. The molecular weight excluding hydrogens is 353 g/mol. The summed E-state index contributed by atoms with van der Waals surface area (Å²) < 4.78 is 0. The number of hydrogen-bond donors (Lipinski definition) is 1. The molecule has 23 heavy (non-hydrogen) atoms. The highest BCUT2D eigenvalue weighted by molar-refractivity contribution is 7.13. The van der Waals surface area contributed by atoms with Crippen molar-refractivity contribution in [2.75, 3.05) is 20.1 Å². The first-order valence-corrected chi connectivity index (χ1v) is 9.10. The summed E-state index contributed by atoms with van der Waals surface area (Å²) in [6.07, 6.45) is 2.07. The van der Waals surface area contributed by atoms with Crippen molar-refractivity contribution in [1.29, 1.82) is 0 Å². The van der Waals surface area contributed by atoms with Crippen LogP contribution >= 0.6 is 34.5 Å². The Hall–Kier alpha value is -1.14. The van der Waals surface area contributed by atoms with Gasteiger partial charge in [-0.15, -0.1) is 11.3 Å². The van der Waals surface area contributed by atoms with Crippen LogP contribution in [0.5, 0.6) is 0 Å². The van der Waals surface area contributed by atoms with Gasteiger partial charge in [0.1, 0.15) is 10.7 Å². The van der Waals surface area contributed by atoms with Crippen molar-refractivity contribution in [3.05, 3.63) is 39.3 Å². The molecule has 1 aromatic heterocycles. The number of benzene rings is 1. The van der Waals surface area contributed by atoms with Gasteiger partial charge < -0.3 is 10.2 Å². The van der Waals surface area contributed by atoms with E-state index in [1.54, 1.807) is 17.5 Å². The van der Waals surface area contributed by atoms with E-state index >= 15 is 0 Å². The van der Waals surface area contributed by atoms with E-state index in [0.717, 1.165) is 36.5 Å². The lowest BCUT2D eigenvalue weighted by molar-refractivity contribution is 0.0732. The maximum Gasteiger partial charge on any atom is 0.273 e. The molecule has 1 unspecified atom stereocenters. The number of aromatic nitrogens is 1. The van der Waals surface area contributed by atoms with Gasteiger partial charge in [0, 0.05) is 35.1 Å². The van der Waals surface area contributed by atoms with Gasteiger partial charge >= 0.3 is 0 Å². The molecule has 4 nitrogen and oxygen atoms in total. The molecule has 0 radical (unpaired) electrons. The fourth-order valence-corrected chi connectivity index (χ4v) is 4.24. The summed E-state index contributed by atoms with van der Waals surface area (Å²) >= 11 is 13.6. The Labute approximate surface area is 149 Å². The average molecular weight is 370 g/mol. The van der Waals surface area contributed by atoms with Crippen molar-refractivity contribution in [2.45, 2.75) is 18.9 Å². The smallest absolute Gasteiger partial charge is 0.273 e. The molecule has 1 aromatic carbocycles. The van der Waals surface area contributed by atoms with Crippen LogP contribution in [0.15, 0.2) is 23.6 Å². The Kier molecular flexibility index (Phi) is 5.21. The maximum atomic E-state index is 12.7. The standard InChI is InChI=1S/C16H17Cl2N3OS/c1-19-8-11-3-2-6-21(11)16(22)14-9-23-15(20-14)12-5-4-10(17)7-13(12)18/h4-5,7,9,11,19H,2-3,6,8H2,1H3. The van der Waals surface area contributed by atoms with Crippen LogP contribution < -0.4 is 5.32 Å². The number of thiazole rings is 1. The molecule has 0 spiro atoms. The highest BCUT2D eigenvalue weighted by atomic mass is 35.5. The monoisotopic (exact) mass is 369 g/mol. The van der Waals surface area contributed by atoms with Crippen LogP contribution in [-0.4, -0.2) is 42.0 Å². The van der Waals surface area contributed by atoms with Crippen LogP contribution in [0.4, 0.5) is 0 Å². The summed E-state index contributed by atoms with van der Waals surface area (Å²) in [5.41, 5.74) is 1.28. The molecule has 2 aromatic rings. The van der Waals surface area contributed by atoms with Crippen molar-refractivity contribution in [3.63, 3.8) is 0 Å². The number of halogens is 2. The molecule has 0 bridgehead atoms. The lowest BCUT2D eigenvalue weighted by Crippen LogP contribution is -2.40. The van der Waals surface area contributed by atoms with Crippen LogP contribution in [0.25, 0.3) is 10.6 Å². The lowest BCUT2D eigenvalue weighted by Gasteiger charge is -2.23. The highest BCUT2D eigenvalue weighted by Gasteiger charge is 2.30. The number of likely N-dealkylation sites (N-methyl/N-ethyl adjacent to an activating group) is 1. The Morgan fingerprint density at radius 3 is 3.04 bits per heavy atom. The van der Waals surface area contributed by atoms with Crippen molar-refractivity contribution in [2.24, 2.45) is 0 Å². The summed E-state index contributed by atoms with van der Waals surface area (Å²) in [5, 5.41) is 6.81. The minimum absolute atomic E-state index is 0.00432. The Balaban J connectivity index is 1.82. The molecule has 1 N–H and O–H groups in total. The van der Waals surface area contributed by atoms with Crippen LogP contribution in [0, 0.1) is 0 Å². The van der Waals surface area contributed by atoms with Crippen LogP contribution in [0.2, 0.25) is 10.0 Å². The first-order chi connectivity index (χ1) is 11.1. The molecule has 3 rings (SSSR count). The predicted molar refractivity (Wildman–Crippen MR) is 95.6 cm³/mol. The summed E-state index contributed by atoms with van der Waals surface area (Å²) in [7, 11) is 1.91. The van der Waals surface area contributed by atoms with E-state index in [1.165, 1.54) is 11.3 Å². The lowest BCUT2D eigenvalue weighted by atomic mass is 10.2. The van der Waals surface area contributed by atoms with Gasteiger partial charge in [0.2, 0.25) is 0 Å². The Morgan fingerprint density at radius 2 is 2.30 bits per heavy atom. The van der Waals surface area contributed by atoms with Gasteiger partial charge in [-0.2, -0.15) is 0 Å². The molecule has 2 heterocycles. The van der Waals surface area contributed by atoms with Crippen molar-refractivity contribution < 1.29 is 4.79 Å². The molecule has 122 valence electrons. The van der Waals surface area contributed by atoms with Gasteiger partial charge in [-0.3, -0.25) is 4.79 Å². The van der Waals surface area contributed by atoms with E-state index in [4.69, 9.17) is 23.2 Å². The fraction of sp³-hybridized carbons (Fsp3) is 0.375. The Morgan fingerprint density at radius 1 is 1.48 bits per heavy atom.